The molecule has 2 aliphatic heterocycles. The van der Waals surface area contributed by atoms with Crippen LogP contribution < -0.4 is 19.3 Å². The van der Waals surface area contributed by atoms with Crippen molar-refractivity contribution in [3.05, 3.63) is 52.7 Å². The van der Waals surface area contributed by atoms with Crippen molar-refractivity contribution < 1.29 is 28.6 Å². The fraction of sp³-hybridized carbons (Fsp3) is 0.441. The molecule has 1 fully saturated rings. The molecule has 12 heteroatoms. The van der Waals surface area contributed by atoms with E-state index in [0.717, 1.165) is 48.7 Å². The number of ether oxygens (including phenoxy) is 3. The van der Waals surface area contributed by atoms with Crippen LogP contribution in [0.1, 0.15) is 46.9 Å². The minimum Gasteiger partial charge on any atom is -0.495 e. The third-order valence-corrected chi connectivity index (χ3v) is 9.66. The van der Waals surface area contributed by atoms with Gasteiger partial charge in [0.2, 0.25) is 0 Å². The van der Waals surface area contributed by atoms with E-state index in [4.69, 9.17) is 14.2 Å². The lowest BCUT2D eigenvalue weighted by atomic mass is 9.95. The number of hydrogen-bond donors (Lipinski definition) is 1. The van der Waals surface area contributed by atoms with Crippen LogP contribution in [-0.4, -0.2) is 105 Å². The Balaban J connectivity index is 1.56. The molecule has 3 aromatic rings. The molecule has 1 saturated heterocycles. The number of alkyl halides is 1. The highest BCUT2D eigenvalue weighted by Gasteiger charge is 2.37. The number of methoxy groups -OCH3 is 2. The van der Waals surface area contributed by atoms with Gasteiger partial charge in [-0.2, -0.15) is 0 Å². The number of anilines is 2. The molecule has 0 radical (unpaired) electrons. The number of benzene rings is 2. The number of halogens is 1. The Labute approximate surface area is 278 Å². The van der Waals surface area contributed by atoms with Gasteiger partial charge in [0.1, 0.15) is 5.75 Å². The standard InChI is InChI=1S/C34H42BrN5O6/c1-7-38(8-2)24-17-22(9-11-26(24)44-5)10-12-28(41)40-20-23(19-35)30-25(40)18-27(46-34(43)39-15-13-37(4)14-16-39)32-31(30)29(21(3)36-32)33(42)45-6/h9-12,17-18,23,36H,7-8,13-16,19-20H2,1-6H3/b12-10+/t23-/m1/s1. The number of aryl methyl sites for hydroxylation is 1. The summed E-state index contributed by atoms with van der Waals surface area (Å²) in [5.74, 6) is 0.173. The van der Waals surface area contributed by atoms with Crippen molar-refractivity contribution in [3.63, 3.8) is 0 Å². The van der Waals surface area contributed by atoms with Gasteiger partial charge in [-0.05, 0) is 57.2 Å². The Kier molecular flexibility index (Phi) is 10.3. The van der Waals surface area contributed by atoms with E-state index in [-0.39, 0.29) is 17.6 Å². The number of nitrogens with one attached hydrogen (secondary N) is 1. The minimum atomic E-state index is -0.505. The predicted molar refractivity (Wildman–Crippen MR) is 184 cm³/mol. The van der Waals surface area contributed by atoms with Crippen molar-refractivity contribution in [1.82, 2.24) is 14.8 Å². The Morgan fingerprint density at radius 2 is 1.78 bits per heavy atom. The number of likely N-dealkylation sites (N-methyl/N-ethyl adjacent to an activating group) is 1. The van der Waals surface area contributed by atoms with Crippen molar-refractivity contribution in [2.75, 3.05) is 82.2 Å². The number of fused-ring (bicyclic) bond motifs is 3. The molecule has 3 heterocycles. The van der Waals surface area contributed by atoms with Crippen LogP contribution in [0.5, 0.6) is 11.5 Å². The number of rotatable bonds is 9. The summed E-state index contributed by atoms with van der Waals surface area (Å²) in [5.41, 5.74) is 4.72. The quantitative estimate of drug-likeness (QED) is 0.180. The summed E-state index contributed by atoms with van der Waals surface area (Å²) in [6.07, 6.45) is 2.87. The van der Waals surface area contributed by atoms with Crippen molar-refractivity contribution >= 4 is 62.3 Å². The van der Waals surface area contributed by atoms with E-state index in [9.17, 15) is 14.4 Å². The number of nitrogens with zero attached hydrogens (tertiary/aromatic N) is 4. The van der Waals surface area contributed by atoms with E-state index in [2.05, 4.69) is 44.6 Å². The van der Waals surface area contributed by atoms with E-state index in [0.29, 0.717) is 52.8 Å². The highest BCUT2D eigenvalue weighted by atomic mass is 79.9. The van der Waals surface area contributed by atoms with Crippen LogP contribution >= 0.6 is 15.9 Å². The second-order valence-corrected chi connectivity index (χ2v) is 12.2. The van der Waals surface area contributed by atoms with E-state index in [1.54, 1.807) is 42.1 Å². The fourth-order valence-electron chi connectivity index (χ4n) is 6.33. The Morgan fingerprint density at radius 1 is 1.07 bits per heavy atom. The number of carbonyl (C=O) groups excluding carboxylic acids is 3. The Bertz CT molecular complexity index is 1660. The average Bonchev–Trinajstić information content (AvgIpc) is 3.61. The summed E-state index contributed by atoms with van der Waals surface area (Å²) in [5, 5.41) is 1.16. The van der Waals surface area contributed by atoms with Gasteiger partial charge in [-0.3, -0.25) is 4.79 Å². The molecule has 0 spiro atoms. The highest BCUT2D eigenvalue weighted by molar-refractivity contribution is 9.09. The molecule has 1 aromatic heterocycles. The molecule has 11 nitrogen and oxygen atoms in total. The maximum atomic E-state index is 13.9. The van der Waals surface area contributed by atoms with E-state index < -0.39 is 12.1 Å². The molecule has 2 aliphatic rings. The van der Waals surface area contributed by atoms with Crippen LogP contribution in [0.2, 0.25) is 0 Å². The SMILES string of the molecule is CCN(CC)c1cc(/C=C/C(=O)N2C[C@@H](CBr)c3c2cc(OC(=O)N2CCN(C)CC2)c2[nH]c(C)c(C(=O)OC)c32)ccc1OC. The first-order valence-corrected chi connectivity index (χ1v) is 16.7. The zero-order valence-electron chi connectivity index (χ0n) is 27.3. The molecule has 1 atom stereocenters. The number of piperazine rings is 1. The van der Waals surface area contributed by atoms with Crippen LogP contribution in [0.15, 0.2) is 30.3 Å². The van der Waals surface area contributed by atoms with Crippen LogP contribution in [0.4, 0.5) is 16.2 Å². The summed E-state index contributed by atoms with van der Waals surface area (Å²) in [6.45, 7) is 10.6. The monoisotopic (exact) mass is 695 g/mol. The number of hydrogen-bond acceptors (Lipinski definition) is 8. The molecular formula is C34H42BrN5O6. The summed E-state index contributed by atoms with van der Waals surface area (Å²) >= 11 is 3.64. The largest absolute Gasteiger partial charge is 0.495 e. The lowest BCUT2D eigenvalue weighted by Crippen LogP contribution is -2.48. The van der Waals surface area contributed by atoms with Gasteiger partial charge in [0.15, 0.2) is 5.75 Å². The number of carbonyl (C=O) groups is 3. The number of amides is 2. The van der Waals surface area contributed by atoms with Crippen LogP contribution in [-0.2, 0) is 9.53 Å². The van der Waals surface area contributed by atoms with Crippen molar-refractivity contribution in [2.45, 2.75) is 26.7 Å². The van der Waals surface area contributed by atoms with Crippen molar-refractivity contribution in [1.29, 1.82) is 0 Å². The predicted octanol–water partition coefficient (Wildman–Crippen LogP) is 5.40. The first-order chi connectivity index (χ1) is 22.1. The van der Waals surface area contributed by atoms with Crippen LogP contribution in [0.3, 0.4) is 0 Å². The first kappa shape index (κ1) is 33.3. The third-order valence-electron chi connectivity index (χ3n) is 8.87. The lowest BCUT2D eigenvalue weighted by molar-refractivity contribution is -0.114. The maximum absolute atomic E-state index is 13.9. The van der Waals surface area contributed by atoms with Crippen molar-refractivity contribution in [2.24, 2.45) is 0 Å². The Hall–Kier alpha value is -4.03. The average molecular weight is 697 g/mol. The normalized spacial score (nSPS) is 16.6. The smallest absolute Gasteiger partial charge is 0.415 e. The van der Waals surface area contributed by atoms with Gasteiger partial charge >= 0.3 is 12.1 Å². The minimum absolute atomic E-state index is 0.119. The number of esters is 1. The summed E-state index contributed by atoms with van der Waals surface area (Å²) in [6, 6.07) is 7.58. The maximum Gasteiger partial charge on any atom is 0.415 e. The van der Waals surface area contributed by atoms with Crippen LogP contribution in [0.25, 0.3) is 17.0 Å². The van der Waals surface area contributed by atoms with Gasteiger partial charge in [-0.1, -0.05) is 22.0 Å². The second-order valence-electron chi connectivity index (χ2n) is 11.6. The first-order valence-electron chi connectivity index (χ1n) is 15.6. The molecule has 0 unspecified atom stereocenters. The molecule has 2 amide bonds. The molecule has 1 N–H and O–H groups in total. The topological polar surface area (TPSA) is 108 Å². The molecular weight excluding hydrogens is 654 g/mol. The van der Waals surface area contributed by atoms with Gasteiger partial charge in [0.25, 0.3) is 5.91 Å². The van der Waals surface area contributed by atoms with Gasteiger partial charge in [0, 0.05) is 80.3 Å². The summed E-state index contributed by atoms with van der Waals surface area (Å²) in [7, 11) is 5.00. The van der Waals surface area contributed by atoms with Crippen LogP contribution in [0, 0.1) is 6.92 Å². The molecule has 5 rings (SSSR count). The van der Waals surface area contributed by atoms with E-state index >= 15 is 0 Å². The fourth-order valence-corrected chi connectivity index (χ4v) is 6.86. The van der Waals surface area contributed by atoms with Gasteiger partial charge in [-0.15, -0.1) is 0 Å². The van der Waals surface area contributed by atoms with Crippen molar-refractivity contribution in [3.8, 4) is 11.5 Å². The number of aromatic amines is 1. The molecule has 0 bridgehead atoms. The molecule has 246 valence electrons. The molecule has 46 heavy (non-hydrogen) atoms. The van der Waals surface area contributed by atoms with Gasteiger partial charge in [0.05, 0.1) is 36.7 Å². The highest BCUT2D eigenvalue weighted by Crippen LogP contribution is 2.48. The zero-order chi connectivity index (χ0) is 33.1. The van der Waals surface area contributed by atoms with E-state index in [1.807, 2.05) is 25.2 Å². The second kappa shape index (κ2) is 14.2. The Morgan fingerprint density at radius 3 is 2.41 bits per heavy atom. The zero-order valence-corrected chi connectivity index (χ0v) is 28.9. The third kappa shape index (κ3) is 6.32. The summed E-state index contributed by atoms with van der Waals surface area (Å²) in [4.78, 5) is 51.3. The number of aromatic nitrogens is 1. The molecule has 0 saturated carbocycles. The molecule has 2 aromatic carbocycles. The number of H-pyrrole nitrogens is 1. The van der Waals surface area contributed by atoms with Gasteiger partial charge < -0.3 is 38.8 Å². The lowest BCUT2D eigenvalue weighted by Gasteiger charge is -2.31. The summed E-state index contributed by atoms with van der Waals surface area (Å²) < 4.78 is 16.8. The van der Waals surface area contributed by atoms with Gasteiger partial charge in [-0.25, -0.2) is 9.59 Å². The molecule has 0 aliphatic carbocycles. The van der Waals surface area contributed by atoms with E-state index in [1.165, 1.54) is 7.11 Å².